The molecule has 0 unspecified atom stereocenters. The van der Waals surface area contributed by atoms with Crippen LogP contribution in [0.5, 0.6) is 0 Å². The van der Waals surface area contributed by atoms with E-state index in [0.717, 1.165) is 16.6 Å². The predicted molar refractivity (Wildman–Crippen MR) is 129 cm³/mol. The fourth-order valence-electron chi connectivity index (χ4n) is 3.33. The van der Waals surface area contributed by atoms with Crippen LogP contribution in [0, 0.1) is 6.92 Å². The average molecular weight is 461 g/mol. The fourth-order valence-corrected chi connectivity index (χ4v) is 4.33. The van der Waals surface area contributed by atoms with Crippen molar-refractivity contribution in [3.8, 4) is 5.69 Å². The minimum absolute atomic E-state index is 0.0390. The third-order valence-corrected chi connectivity index (χ3v) is 6.16. The van der Waals surface area contributed by atoms with Crippen LogP contribution in [0.15, 0.2) is 72.1 Å². The van der Waals surface area contributed by atoms with Gasteiger partial charge in [-0.25, -0.2) is 14.6 Å². The zero-order valence-corrected chi connectivity index (χ0v) is 19.4. The first kappa shape index (κ1) is 22.5. The van der Waals surface area contributed by atoms with Crippen LogP contribution in [0.2, 0.25) is 0 Å². The number of hydrogen-bond acceptors (Lipinski definition) is 6. The highest BCUT2D eigenvalue weighted by Crippen LogP contribution is 2.29. The number of nitrogens with zero attached hydrogens (tertiary/aromatic N) is 5. The van der Waals surface area contributed by atoms with Crippen molar-refractivity contribution in [3.05, 3.63) is 72.7 Å². The van der Waals surface area contributed by atoms with Crippen LogP contribution in [0.25, 0.3) is 16.7 Å². The molecule has 2 aromatic heterocycles. The van der Waals surface area contributed by atoms with E-state index in [1.165, 1.54) is 23.0 Å². The molecule has 0 fully saturated rings. The van der Waals surface area contributed by atoms with Gasteiger partial charge in [-0.15, -0.1) is 0 Å². The standard InChI is InChI=1S/C24H24N6O2S/c1-16-9-11-18(12-10-16)28-21(31)14-29(3)24(32)17(2)33-23-20-13-27-30(22(20)25-15-26-23)19-7-5-4-6-8-19/h4-13,15,17H,14H2,1-3H3,(H,28,31)/t17-/m1/s1. The molecule has 0 radical (unpaired) electrons. The molecule has 0 saturated heterocycles. The van der Waals surface area contributed by atoms with Crippen LogP contribution in [0.4, 0.5) is 5.69 Å². The first-order chi connectivity index (χ1) is 15.9. The lowest BCUT2D eigenvalue weighted by atomic mass is 10.2. The molecular weight excluding hydrogens is 436 g/mol. The number of amides is 2. The number of carbonyl (C=O) groups excluding carboxylic acids is 2. The Morgan fingerprint density at radius 2 is 1.82 bits per heavy atom. The Morgan fingerprint density at radius 1 is 1.09 bits per heavy atom. The maximum absolute atomic E-state index is 12.9. The summed E-state index contributed by atoms with van der Waals surface area (Å²) in [5, 5.41) is 8.26. The molecule has 0 aliphatic carbocycles. The number of para-hydroxylation sites is 1. The number of anilines is 1. The zero-order valence-electron chi connectivity index (χ0n) is 18.6. The van der Waals surface area contributed by atoms with E-state index in [1.54, 1.807) is 24.9 Å². The topological polar surface area (TPSA) is 93.0 Å². The number of benzene rings is 2. The average Bonchev–Trinajstić information content (AvgIpc) is 3.26. The van der Waals surface area contributed by atoms with Gasteiger partial charge in [0.2, 0.25) is 11.8 Å². The van der Waals surface area contributed by atoms with Gasteiger partial charge < -0.3 is 10.2 Å². The van der Waals surface area contributed by atoms with E-state index in [1.807, 2.05) is 61.5 Å². The Morgan fingerprint density at radius 3 is 2.55 bits per heavy atom. The minimum atomic E-state index is -0.444. The van der Waals surface area contributed by atoms with Gasteiger partial charge in [-0.05, 0) is 38.1 Å². The normalized spacial score (nSPS) is 11.8. The number of aromatic nitrogens is 4. The molecule has 2 heterocycles. The Balaban J connectivity index is 1.42. The second-order valence-corrected chi connectivity index (χ2v) is 9.01. The molecule has 1 N–H and O–H groups in total. The van der Waals surface area contributed by atoms with Crippen molar-refractivity contribution in [2.45, 2.75) is 24.1 Å². The van der Waals surface area contributed by atoms with Crippen LogP contribution in [-0.4, -0.2) is 55.3 Å². The highest BCUT2D eigenvalue weighted by molar-refractivity contribution is 8.00. The largest absolute Gasteiger partial charge is 0.335 e. The van der Waals surface area contributed by atoms with Gasteiger partial charge in [0.25, 0.3) is 0 Å². The van der Waals surface area contributed by atoms with Crippen LogP contribution in [0.3, 0.4) is 0 Å². The second-order valence-electron chi connectivity index (χ2n) is 7.68. The molecule has 4 rings (SSSR count). The van der Waals surface area contributed by atoms with Crippen molar-refractivity contribution in [1.82, 2.24) is 24.6 Å². The molecule has 0 bridgehead atoms. The number of thioether (sulfide) groups is 1. The Kier molecular flexibility index (Phi) is 6.69. The van der Waals surface area contributed by atoms with Crippen LogP contribution in [-0.2, 0) is 9.59 Å². The molecule has 0 aliphatic rings. The lowest BCUT2D eigenvalue weighted by molar-refractivity contribution is -0.132. The van der Waals surface area contributed by atoms with Gasteiger partial charge in [0.05, 0.1) is 29.1 Å². The van der Waals surface area contributed by atoms with Crippen molar-refractivity contribution >= 4 is 40.3 Å². The van der Waals surface area contributed by atoms with Crippen molar-refractivity contribution in [2.24, 2.45) is 0 Å². The number of carbonyl (C=O) groups is 2. The molecule has 33 heavy (non-hydrogen) atoms. The molecule has 0 saturated carbocycles. The molecule has 1 atom stereocenters. The monoisotopic (exact) mass is 460 g/mol. The van der Waals surface area contributed by atoms with Gasteiger partial charge in [-0.1, -0.05) is 47.7 Å². The summed E-state index contributed by atoms with van der Waals surface area (Å²) in [6.45, 7) is 3.74. The number of nitrogens with one attached hydrogen (secondary N) is 1. The SMILES string of the molecule is Cc1ccc(NC(=O)CN(C)C(=O)[C@@H](C)Sc2ncnc3c2cnn3-c2ccccc2)cc1. The van der Waals surface area contributed by atoms with Gasteiger partial charge in [0, 0.05) is 12.7 Å². The predicted octanol–water partition coefficient (Wildman–Crippen LogP) is 3.70. The van der Waals surface area contributed by atoms with Crippen LogP contribution >= 0.6 is 11.8 Å². The molecule has 0 aliphatic heterocycles. The summed E-state index contributed by atoms with van der Waals surface area (Å²) in [4.78, 5) is 35.4. The lowest BCUT2D eigenvalue weighted by Gasteiger charge is -2.20. The molecule has 0 spiro atoms. The molecular formula is C24H24N6O2S. The van der Waals surface area contributed by atoms with Gasteiger partial charge >= 0.3 is 0 Å². The lowest BCUT2D eigenvalue weighted by Crippen LogP contribution is -2.38. The molecule has 8 nitrogen and oxygen atoms in total. The van der Waals surface area contributed by atoms with Gasteiger partial charge in [0.1, 0.15) is 11.4 Å². The Hall–Kier alpha value is -3.72. The highest BCUT2D eigenvalue weighted by Gasteiger charge is 2.23. The van der Waals surface area contributed by atoms with Crippen LogP contribution < -0.4 is 5.32 Å². The zero-order chi connectivity index (χ0) is 23.4. The maximum atomic E-state index is 12.9. The van der Waals surface area contributed by atoms with Gasteiger partial charge in [0.15, 0.2) is 5.65 Å². The summed E-state index contributed by atoms with van der Waals surface area (Å²) in [7, 11) is 1.62. The molecule has 168 valence electrons. The van der Waals surface area contributed by atoms with Gasteiger partial charge in [-0.2, -0.15) is 5.10 Å². The number of rotatable bonds is 7. The van der Waals surface area contributed by atoms with Gasteiger partial charge in [-0.3, -0.25) is 9.59 Å². The summed E-state index contributed by atoms with van der Waals surface area (Å²) < 4.78 is 1.75. The van der Waals surface area contributed by atoms with E-state index >= 15 is 0 Å². The van der Waals surface area contributed by atoms with E-state index in [0.29, 0.717) is 16.4 Å². The Bertz CT molecular complexity index is 1270. The second kappa shape index (κ2) is 9.83. The summed E-state index contributed by atoms with van der Waals surface area (Å²) >= 11 is 1.32. The number of likely N-dealkylation sites (N-methyl/N-ethyl adjacent to an activating group) is 1. The number of aryl methyl sites for hydroxylation is 1. The maximum Gasteiger partial charge on any atom is 0.243 e. The van der Waals surface area contributed by atoms with Crippen molar-refractivity contribution in [1.29, 1.82) is 0 Å². The van der Waals surface area contributed by atoms with E-state index in [-0.39, 0.29) is 18.4 Å². The molecule has 2 amide bonds. The summed E-state index contributed by atoms with van der Waals surface area (Å²) in [5.41, 5.74) is 3.38. The third-order valence-electron chi connectivity index (χ3n) is 5.06. The van der Waals surface area contributed by atoms with Crippen LogP contribution in [0.1, 0.15) is 12.5 Å². The fraction of sp³-hybridized carbons (Fsp3) is 0.208. The summed E-state index contributed by atoms with van der Waals surface area (Å²) in [5.74, 6) is -0.415. The van der Waals surface area contributed by atoms with Crippen molar-refractivity contribution < 1.29 is 9.59 Å². The molecule has 4 aromatic rings. The first-order valence-corrected chi connectivity index (χ1v) is 11.3. The first-order valence-electron chi connectivity index (χ1n) is 10.4. The highest BCUT2D eigenvalue weighted by atomic mass is 32.2. The quantitative estimate of drug-likeness (QED) is 0.334. The van der Waals surface area contributed by atoms with E-state index in [4.69, 9.17) is 0 Å². The third kappa shape index (κ3) is 5.20. The summed E-state index contributed by atoms with van der Waals surface area (Å²) in [6.07, 6.45) is 3.18. The van der Waals surface area contributed by atoms with E-state index < -0.39 is 5.25 Å². The number of fused-ring (bicyclic) bond motifs is 1. The number of hydrogen-bond donors (Lipinski definition) is 1. The van der Waals surface area contributed by atoms with E-state index in [2.05, 4.69) is 20.4 Å². The van der Waals surface area contributed by atoms with Crippen molar-refractivity contribution in [2.75, 3.05) is 18.9 Å². The molecule has 9 heteroatoms. The minimum Gasteiger partial charge on any atom is -0.335 e. The van der Waals surface area contributed by atoms with E-state index in [9.17, 15) is 9.59 Å². The Labute approximate surface area is 196 Å². The van der Waals surface area contributed by atoms with Crippen molar-refractivity contribution in [3.63, 3.8) is 0 Å². The summed E-state index contributed by atoms with van der Waals surface area (Å²) in [6, 6.07) is 17.2. The molecule has 2 aromatic carbocycles. The smallest absolute Gasteiger partial charge is 0.243 e.